The molecule has 0 bridgehead atoms. The van der Waals surface area contributed by atoms with Crippen LogP contribution in [0.5, 0.6) is 0 Å². The number of aryl methyl sites for hydroxylation is 1. The molecule has 0 spiro atoms. The fraction of sp³-hybridized carbons (Fsp3) is 0.562. The minimum absolute atomic E-state index is 0.0914. The molecule has 1 aliphatic rings. The number of thiazole rings is 1. The van der Waals surface area contributed by atoms with Crippen LogP contribution in [0.15, 0.2) is 11.6 Å². The maximum atomic E-state index is 12.5. The van der Waals surface area contributed by atoms with Gasteiger partial charge < -0.3 is 19.5 Å². The van der Waals surface area contributed by atoms with Gasteiger partial charge in [-0.15, -0.1) is 11.3 Å². The maximum Gasteiger partial charge on any atom is 0.228 e. The first-order valence-corrected chi connectivity index (χ1v) is 8.88. The Balaban J connectivity index is 1.61. The molecule has 8 heteroatoms. The molecular formula is C16H23N5O2S. The number of ether oxygens (including phenoxy) is 1. The van der Waals surface area contributed by atoms with Gasteiger partial charge in [0.1, 0.15) is 11.9 Å². The summed E-state index contributed by atoms with van der Waals surface area (Å²) in [5.41, 5.74) is 1.89. The molecule has 130 valence electrons. The van der Waals surface area contributed by atoms with Crippen molar-refractivity contribution in [2.75, 3.05) is 33.8 Å². The second-order valence-electron chi connectivity index (χ2n) is 6.27. The third-order valence-corrected chi connectivity index (χ3v) is 4.68. The van der Waals surface area contributed by atoms with Crippen molar-refractivity contribution in [3.63, 3.8) is 0 Å². The molecule has 0 radical (unpaired) electrons. The molecule has 1 amide bonds. The molecule has 1 N–H and O–H groups in total. The average molecular weight is 349 g/mol. The summed E-state index contributed by atoms with van der Waals surface area (Å²) in [7, 11) is 4.02. The Morgan fingerprint density at radius 1 is 1.54 bits per heavy atom. The number of rotatable bonds is 5. The Hall–Kier alpha value is -1.77. The number of hydrogen-bond acceptors (Lipinski definition) is 6. The van der Waals surface area contributed by atoms with Crippen molar-refractivity contribution in [1.29, 1.82) is 0 Å². The fourth-order valence-electron chi connectivity index (χ4n) is 2.76. The van der Waals surface area contributed by atoms with E-state index in [-0.39, 0.29) is 12.0 Å². The molecule has 0 unspecified atom stereocenters. The monoisotopic (exact) mass is 349 g/mol. The number of aromatic nitrogens is 3. The first-order valence-electron chi connectivity index (χ1n) is 8.00. The molecule has 1 aliphatic heterocycles. The zero-order valence-electron chi connectivity index (χ0n) is 14.3. The minimum atomic E-state index is -0.198. The molecule has 1 atom stereocenters. The molecule has 2 aromatic heterocycles. The highest BCUT2D eigenvalue weighted by molar-refractivity contribution is 7.09. The van der Waals surface area contributed by atoms with Crippen LogP contribution in [0.2, 0.25) is 0 Å². The van der Waals surface area contributed by atoms with Crippen LogP contribution < -0.4 is 0 Å². The topological polar surface area (TPSA) is 74.4 Å². The SMILES string of the molecule is Cc1nc(CC(=O)N2CCO[C@@H](c3ncc(CN(C)C)[nH]3)C2)cs1. The van der Waals surface area contributed by atoms with E-state index in [2.05, 4.69) is 19.9 Å². The number of amides is 1. The van der Waals surface area contributed by atoms with Crippen LogP contribution in [0.4, 0.5) is 0 Å². The van der Waals surface area contributed by atoms with Gasteiger partial charge in [-0.1, -0.05) is 0 Å². The second kappa shape index (κ2) is 7.42. The predicted molar refractivity (Wildman–Crippen MR) is 91.8 cm³/mol. The van der Waals surface area contributed by atoms with Crippen LogP contribution in [0.3, 0.4) is 0 Å². The number of H-pyrrole nitrogens is 1. The van der Waals surface area contributed by atoms with Crippen molar-refractivity contribution < 1.29 is 9.53 Å². The van der Waals surface area contributed by atoms with Gasteiger partial charge in [0, 0.05) is 30.4 Å². The van der Waals surface area contributed by atoms with E-state index in [1.54, 1.807) is 11.3 Å². The van der Waals surface area contributed by atoms with Crippen LogP contribution >= 0.6 is 11.3 Å². The Morgan fingerprint density at radius 2 is 2.38 bits per heavy atom. The summed E-state index contributed by atoms with van der Waals surface area (Å²) < 4.78 is 5.80. The molecular weight excluding hydrogens is 326 g/mol. The Morgan fingerprint density at radius 3 is 3.08 bits per heavy atom. The van der Waals surface area contributed by atoms with E-state index in [1.807, 2.05) is 37.5 Å². The van der Waals surface area contributed by atoms with Gasteiger partial charge in [0.05, 0.1) is 30.3 Å². The zero-order valence-corrected chi connectivity index (χ0v) is 15.1. The summed E-state index contributed by atoms with van der Waals surface area (Å²) in [5.74, 6) is 0.877. The quantitative estimate of drug-likeness (QED) is 0.883. The van der Waals surface area contributed by atoms with E-state index in [0.29, 0.717) is 26.1 Å². The number of morpholine rings is 1. The first-order chi connectivity index (χ1) is 11.5. The Kier molecular flexibility index (Phi) is 5.27. The van der Waals surface area contributed by atoms with Crippen molar-refractivity contribution in [2.45, 2.75) is 26.0 Å². The van der Waals surface area contributed by atoms with Crippen LogP contribution in [-0.4, -0.2) is 64.5 Å². The van der Waals surface area contributed by atoms with E-state index in [1.165, 1.54) is 0 Å². The van der Waals surface area contributed by atoms with Gasteiger partial charge in [0.15, 0.2) is 0 Å². The lowest BCUT2D eigenvalue weighted by Crippen LogP contribution is -2.43. The van der Waals surface area contributed by atoms with Crippen LogP contribution in [0.25, 0.3) is 0 Å². The van der Waals surface area contributed by atoms with E-state index < -0.39 is 0 Å². The molecule has 0 aromatic carbocycles. The van der Waals surface area contributed by atoms with Gasteiger partial charge in [0.25, 0.3) is 0 Å². The van der Waals surface area contributed by atoms with Crippen molar-refractivity contribution in [2.24, 2.45) is 0 Å². The number of aromatic amines is 1. The van der Waals surface area contributed by atoms with Gasteiger partial charge in [0.2, 0.25) is 5.91 Å². The maximum absolute atomic E-state index is 12.5. The summed E-state index contributed by atoms with van der Waals surface area (Å²) in [6, 6.07) is 0. The zero-order chi connectivity index (χ0) is 17.1. The molecule has 24 heavy (non-hydrogen) atoms. The summed E-state index contributed by atoms with van der Waals surface area (Å²) in [6.07, 6.45) is 1.98. The second-order valence-corrected chi connectivity index (χ2v) is 7.33. The van der Waals surface area contributed by atoms with E-state index in [9.17, 15) is 4.79 Å². The minimum Gasteiger partial charge on any atom is -0.367 e. The lowest BCUT2D eigenvalue weighted by molar-refractivity contribution is -0.138. The number of carbonyl (C=O) groups is 1. The summed E-state index contributed by atoms with van der Waals surface area (Å²) in [6.45, 7) is 4.41. The summed E-state index contributed by atoms with van der Waals surface area (Å²) in [5, 5.41) is 2.94. The Bertz CT molecular complexity index is 696. The molecule has 0 aliphatic carbocycles. The molecule has 7 nitrogen and oxygen atoms in total. The predicted octanol–water partition coefficient (Wildman–Crippen LogP) is 1.38. The van der Waals surface area contributed by atoms with Crippen molar-refractivity contribution in [1.82, 2.24) is 24.8 Å². The number of hydrogen-bond donors (Lipinski definition) is 1. The van der Waals surface area contributed by atoms with Crippen LogP contribution in [0, 0.1) is 6.92 Å². The van der Waals surface area contributed by atoms with Gasteiger partial charge in [-0.3, -0.25) is 4.79 Å². The van der Waals surface area contributed by atoms with Crippen LogP contribution in [-0.2, 0) is 22.5 Å². The average Bonchev–Trinajstić information content (AvgIpc) is 3.16. The van der Waals surface area contributed by atoms with Crippen LogP contribution in [0.1, 0.15) is 28.3 Å². The van der Waals surface area contributed by atoms with Gasteiger partial charge in [-0.25, -0.2) is 9.97 Å². The number of carbonyl (C=O) groups excluding carboxylic acids is 1. The lowest BCUT2D eigenvalue weighted by Gasteiger charge is -2.32. The fourth-order valence-corrected chi connectivity index (χ4v) is 3.37. The standard InChI is InChI=1S/C16H23N5O2S/c1-11-18-12(10-24-11)6-15(22)21-4-5-23-14(9-21)16-17-7-13(19-16)8-20(2)3/h7,10,14H,4-6,8-9H2,1-3H3,(H,17,19)/t14-/m1/s1. The molecule has 2 aromatic rings. The number of nitrogens with one attached hydrogen (secondary N) is 1. The summed E-state index contributed by atoms with van der Waals surface area (Å²) >= 11 is 1.57. The van der Waals surface area contributed by atoms with E-state index >= 15 is 0 Å². The number of imidazole rings is 1. The largest absolute Gasteiger partial charge is 0.367 e. The highest BCUT2D eigenvalue weighted by Gasteiger charge is 2.27. The smallest absolute Gasteiger partial charge is 0.228 e. The van der Waals surface area contributed by atoms with Crippen molar-refractivity contribution >= 4 is 17.2 Å². The highest BCUT2D eigenvalue weighted by atomic mass is 32.1. The van der Waals surface area contributed by atoms with Gasteiger partial charge in [-0.05, 0) is 21.0 Å². The molecule has 1 fully saturated rings. The molecule has 3 heterocycles. The third kappa shape index (κ3) is 4.19. The third-order valence-electron chi connectivity index (χ3n) is 3.86. The van der Waals surface area contributed by atoms with E-state index in [0.717, 1.165) is 28.8 Å². The van der Waals surface area contributed by atoms with Crippen molar-refractivity contribution in [3.8, 4) is 0 Å². The summed E-state index contributed by atoms with van der Waals surface area (Å²) in [4.78, 5) is 28.5. The van der Waals surface area contributed by atoms with Gasteiger partial charge >= 0.3 is 0 Å². The highest BCUT2D eigenvalue weighted by Crippen LogP contribution is 2.21. The molecule has 3 rings (SSSR count). The normalized spacial score (nSPS) is 18.3. The van der Waals surface area contributed by atoms with E-state index in [4.69, 9.17) is 4.74 Å². The Labute approximate surface area is 145 Å². The first kappa shape index (κ1) is 17.1. The van der Waals surface area contributed by atoms with Crippen molar-refractivity contribution in [3.05, 3.63) is 33.8 Å². The van der Waals surface area contributed by atoms with Gasteiger partial charge in [-0.2, -0.15) is 0 Å². The molecule has 0 saturated carbocycles. The molecule has 1 saturated heterocycles. The number of nitrogens with zero attached hydrogens (tertiary/aromatic N) is 4. The lowest BCUT2D eigenvalue weighted by atomic mass is 10.2.